The molecule has 0 bridgehead atoms. The van der Waals surface area contributed by atoms with Gasteiger partial charge in [0.05, 0.1) is 0 Å². The number of rotatable bonds is 5. The lowest BCUT2D eigenvalue weighted by Gasteiger charge is -2.38. The maximum absolute atomic E-state index is 13.5. The zero-order valence-corrected chi connectivity index (χ0v) is 17.6. The molecule has 3 heteroatoms. The highest BCUT2D eigenvalue weighted by molar-refractivity contribution is 6.03. The lowest BCUT2D eigenvalue weighted by Crippen LogP contribution is -2.29. The maximum Gasteiger partial charge on any atom is 0.195 e. The minimum Gasteiger partial charge on any atom is -0.441 e. The van der Waals surface area contributed by atoms with E-state index in [1.807, 2.05) is 18.2 Å². The fraction of sp³-hybridized carbons (Fsp3) is 0.370. The predicted molar refractivity (Wildman–Crippen MR) is 120 cm³/mol. The second-order valence-electron chi connectivity index (χ2n) is 8.78. The van der Waals surface area contributed by atoms with E-state index in [1.54, 1.807) is 12.1 Å². The van der Waals surface area contributed by atoms with Crippen LogP contribution in [0.5, 0.6) is 0 Å². The molecule has 30 heavy (non-hydrogen) atoms. The Balaban J connectivity index is 1.45. The first-order chi connectivity index (χ1) is 14.7. The molecule has 1 fully saturated rings. The first-order valence-corrected chi connectivity index (χ1v) is 11.2. The van der Waals surface area contributed by atoms with E-state index in [0.717, 1.165) is 54.5 Å². The molecule has 0 aliphatic heterocycles. The third-order valence-electron chi connectivity index (χ3n) is 6.98. The number of nitrogens with zero attached hydrogens (tertiary/aromatic N) is 1. The number of oxazole rings is 1. The minimum atomic E-state index is -0.165. The smallest absolute Gasteiger partial charge is 0.195 e. The molecular weight excluding hydrogens is 373 g/mol. The molecule has 2 nitrogen and oxygen atoms in total. The average Bonchev–Trinajstić information content (AvgIpc) is 3.22. The molecule has 1 aliphatic carbocycles. The quantitative estimate of drug-likeness (QED) is 0.346. The van der Waals surface area contributed by atoms with Gasteiger partial charge in [-0.25, -0.2) is 9.37 Å². The minimum absolute atomic E-state index is 0.102. The van der Waals surface area contributed by atoms with E-state index < -0.39 is 0 Å². The Morgan fingerprint density at radius 2 is 1.77 bits per heavy atom. The van der Waals surface area contributed by atoms with Crippen LogP contribution >= 0.6 is 0 Å². The van der Waals surface area contributed by atoms with Gasteiger partial charge in [-0.1, -0.05) is 62.6 Å². The van der Waals surface area contributed by atoms with Crippen molar-refractivity contribution < 1.29 is 8.81 Å². The van der Waals surface area contributed by atoms with Gasteiger partial charge < -0.3 is 4.42 Å². The summed E-state index contributed by atoms with van der Waals surface area (Å²) in [7, 11) is 0. The first kappa shape index (κ1) is 19.3. The molecule has 0 saturated heterocycles. The van der Waals surface area contributed by atoms with Crippen molar-refractivity contribution in [2.45, 2.75) is 63.7 Å². The Morgan fingerprint density at radius 1 is 0.967 bits per heavy atom. The van der Waals surface area contributed by atoms with Gasteiger partial charge in [0.15, 0.2) is 11.5 Å². The van der Waals surface area contributed by atoms with Crippen molar-refractivity contribution in [1.82, 2.24) is 4.98 Å². The number of aromatic nitrogens is 1. The van der Waals surface area contributed by atoms with Crippen LogP contribution in [0.15, 0.2) is 59.0 Å². The number of fused-ring (bicyclic) bond motifs is 3. The van der Waals surface area contributed by atoms with Crippen molar-refractivity contribution in [2.75, 3.05) is 0 Å². The summed E-state index contributed by atoms with van der Waals surface area (Å²) in [5, 5.41) is 2.38. The molecule has 0 unspecified atom stereocenters. The van der Waals surface area contributed by atoms with Gasteiger partial charge in [0.25, 0.3) is 0 Å². The lowest BCUT2D eigenvalue weighted by atomic mass is 9.67. The van der Waals surface area contributed by atoms with Crippen LogP contribution in [-0.2, 0) is 18.3 Å². The Hall–Kier alpha value is -2.68. The molecule has 5 rings (SSSR count). The molecule has 1 aromatic heterocycles. The average molecular weight is 402 g/mol. The van der Waals surface area contributed by atoms with Crippen LogP contribution in [0.4, 0.5) is 4.39 Å². The number of hydrogen-bond acceptors (Lipinski definition) is 2. The van der Waals surface area contributed by atoms with Gasteiger partial charge in [0.1, 0.15) is 11.3 Å². The topological polar surface area (TPSA) is 26.0 Å². The standard InChI is InChI=1S/C27H28FNO/c1-2-19-6-12-23-20(18-19)7-13-24-26(23)29-25(30-24)14-17-27(15-4-3-5-16-27)21-8-10-22(28)11-9-21/h6-13,18H,2-5,14-17H2,1H3. The highest BCUT2D eigenvalue weighted by Crippen LogP contribution is 2.43. The summed E-state index contributed by atoms with van der Waals surface area (Å²) in [6.07, 6.45) is 8.89. The molecule has 1 aliphatic rings. The third-order valence-corrected chi connectivity index (χ3v) is 6.98. The monoisotopic (exact) mass is 401 g/mol. The number of benzene rings is 3. The highest BCUT2D eigenvalue weighted by atomic mass is 19.1. The zero-order chi connectivity index (χ0) is 20.6. The van der Waals surface area contributed by atoms with Gasteiger partial charge >= 0.3 is 0 Å². The molecular formula is C27H28FNO. The van der Waals surface area contributed by atoms with Gasteiger partial charge in [-0.2, -0.15) is 0 Å². The molecule has 0 amide bonds. The van der Waals surface area contributed by atoms with Gasteiger partial charge in [0, 0.05) is 11.8 Å². The molecule has 0 spiro atoms. The van der Waals surface area contributed by atoms with Crippen molar-refractivity contribution in [3.05, 3.63) is 77.4 Å². The van der Waals surface area contributed by atoms with E-state index in [0.29, 0.717) is 0 Å². The summed E-state index contributed by atoms with van der Waals surface area (Å²) in [5.74, 6) is 0.644. The molecule has 1 saturated carbocycles. The normalized spacial score (nSPS) is 16.3. The molecule has 154 valence electrons. The molecule has 0 radical (unpaired) electrons. The Labute approximate surface area is 177 Å². The molecule has 0 atom stereocenters. The van der Waals surface area contributed by atoms with Crippen LogP contribution in [0.1, 0.15) is 62.5 Å². The van der Waals surface area contributed by atoms with Crippen LogP contribution < -0.4 is 0 Å². The van der Waals surface area contributed by atoms with Crippen molar-refractivity contribution >= 4 is 21.9 Å². The van der Waals surface area contributed by atoms with E-state index >= 15 is 0 Å². The van der Waals surface area contributed by atoms with E-state index in [9.17, 15) is 4.39 Å². The molecule has 1 heterocycles. The van der Waals surface area contributed by atoms with Crippen LogP contribution in [0.2, 0.25) is 0 Å². The summed E-state index contributed by atoms with van der Waals surface area (Å²) < 4.78 is 19.7. The van der Waals surface area contributed by atoms with Crippen LogP contribution in [-0.4, -0.2) is 4.98 Å². The molecule has 3 aromatic carbocycles. The SMILES string of the molecule is CCc1ccc2c(ccc3oc(CCC4(c5ccc(F)cc5)CCCCC4)nc32)c1. The highest BCUT2D eigenvalue weighted by Gasteiger charge is 2.34. The Bertz CT molecular complexity index is 1170. The van der Waals surface area contributed by atoms with Crippen molar-refractivity contribution in [3.8, 4) is 0 Å². The number of halogens is 1. The van der Waals surface area contributed by atoms with E-state index in [-0.39, 0.29) is 11.2 Å². The van der Waals surface area contributed by atoms with Gasteiger partial charge in [0.2, 0.25) is 0 Å². The third kappa shape index (κ3) is 3.51. The summed E-state index contributed by atoms with van der Waals surface area (Å²) in [5.41, 5.74) is 4.53. The fourth-order valence-electron chi connectivity index (χ4n) is 5.20. The second-order valence-corrected chi connectivity index (χ2v) is 8.78. The number of hydrogen-bond donors (Lipinski definition) is 0. The lowest BCUT2D eigenvalue weighted by molar-refractivity contribution is 0.267. The fourth-order valence-corrected chi connectivity index (χ4v) is 5.20. The van der Waals surface area contributed by atoms with Crippen LogP contribution in [0, 0.1) is 5.82 Å². The summed E-state index contributed by atoms with van der Waals surface area (Å²) in [6, 6.07) is 17.9. The van der Waals surface area contributed by atoms with Crippen LogP contribution in [0.3, 0.4) is 0 Å². The Kier molecular flexibility index (Phi) is 5.06. The van der Waals surface area contributed by atoms with Crippen LogP contribution in [0.25, 0.3) is 21.9 Å². The van der Waals surface area contributed by atoms with Crippen molar-refractivity contribution in [1.29, 1.82) is 0 Å². The van der Waals surface area contributed by atoms with E-state index in [2.05, 4.69) is 31.2 Å². The maximum atomic E-state index is 13.5. The summed E-state index contributed by atoms with van der Waals surface area (Å²) >= 11 is 0. The van der Waals surface area contributed by atoms with Crippen molar-refractivity contribution in [3.63, 3.8) is 0 Å². The van der Waals surface area contributed by atoms with E-state index in [4.69, 9.17) is 9.40 Å². The van der Waals surface area contributed by atoms with E-state index in [1.165, 1.54) is 35.8 Å². The molecule has 4 aromatic rings. The first-order valence-electron chi connectivity index (χ1n) is 11.2. The van der Waals surface area contributed by atoms with Gasteiger partial charge in [-0.15, -0.1) is 0 Å². The largest absolute Gasteiger partial charge is 0.441 e. The van der Waals surface area contributed by atoms with Gasteiger partial charge in [-0.3, -0.25) is 0 Å². The summed E-state index contributed by atoms with van der Waals surface area (Å²) in [6.45, 7) is 2.18. The second kappa shape index (κ2) is 7.86. The molecule has 0 N–H and O–H groups in total. The number of aryl methyl sites for hydroxylation is 2. The summed E-state index contributed by atoms with van der Waals surface area (Å²) in [4.78, 5) is 4.89. The Morgan fingerprint density at radius 3 is 2.53 bits per heavy atom. The van der Waals surface area contributed by atoms with Crippen molar-refractivity contribution in [2.24, 2.45) is 0 Å². The van der Waals surface area contributed by atoms with Gasteiger partial charge in [-0.05, 0) is 65.8 Å². The zero-order valence-electron chi connectivity index (χ0n) is 17.6. The predicted octanol–water partition coefficient (Wildman–Crippen LogP) is 7.52.